The van der Waals surface area contributed by atoms with E-state index in [1.165, 1.54) is 24.0 Å². The van der Waals surface area contributed by atoms with Gasteiger partial charge in [-0.25, -0.2) is 14.0 Å². The van der Waals surface area contributed by atoms with Gasteiger partial charge in [-0.1, -0.05) is 0 Å². The van der Waals surface area contributed by atoms with Crippen molar-refractivity contribution in [3.63, 3.8) is 0 Å². The molecule has 1 aromatic carbocycles. The molecule has 0 aliphatic rings. The Morgan fingerprint density at radius 3 is 2.45 bits per heavy atom. The van der Waals surface area contributed by atoms with Gasteiger partial charge in [0.1, 0.15) is 5.82 Å². The summed E-state index contributed by atoms with van der Waals surface area (Å²) in [5, 5.41) is 8.86. The van der Waals surface area contributed by atoms with Gasteiger partial charge in [0.2, 0.25) is 0 Å². The zero-order valence-electron chi connectivity index (χ0n) is 10.4. The van der Waals surface area contributed by atoms with Crippen LogP contribution in [0.4, 0.5) is 4.39 Å². The number of hydrogen-bond donors (Lipinski definition) is 2. The summed E-state index contributed by atoms with van der Waals surface area (Å²) in [4.78, 5) is 12.6. The molecule has 0 spiro atoms. The van der Waals surface area contributed by atoms with Gasteiger partial charge in [0.05, 0.1) is 10.5 Å². The van der Waals surface area contributed by atoms with Gasteiger partial charge in [-0.05, 0) is 31.2 Å². The molecule has 1 heterocycles. The molecule has 0 radical (unpaired) electrons. The lowest BCUT2D eigenvalue weighted by atomic mass is 10.1. The molecule has 2 N–H and O–H groups in total. The molecule has 6 nitrogen and oxygen atoms in total. The first-order valence-corrected chi connectivity index (χ1v) is 6.99. The number of nitrogens with zero attached hydrogens (tertiary/aromatic N) is 1. The smallest absolute Gasteiger partial charge is 0.335 e. The van der Waals surface area contributed by atoms with Crippen molar-refractivity contribution in [3.8, 4) is 0 Å². The van der Waals surface area contributed by atoms with E-state index in [0.717, 1.165) is 12.1 Å². The molecule has 0 aliphatic carbocycles. The monoisotopic (exact) mass is 298 g/mol. The van der Waals surface area contributed by atoms with E-state index >= 15 is 0 Å². The summed E-state index contributed by atoms with van der Waals surface area (Å²) in [5.41, 5.74) is -0.573. The molecule has 0 unspecified atom stereocenters. The summed E-state index contributed by atoms with van der Waals surface area (Å²) in [7, 11) is -4.08. The minimum atomic E-state index is -4.08. The van der Waals surface area contributed by atoms with Crippen molar-refractivity contribution >= 4 is 16.0 Å². The quantitative estimate of drug-likeness (QED) is 0.896. The molecule has 0 saturated heterocycles. The van der Waals surface area contributed by atoms with Crippen molar-refractivity contribution in [2.45, 2.75) is 11.8 Å². The molecule has 8 heteroatoms. The Morgan fingerprint density at radius 2 is 1.90 bits per heavy atom. The summed E-state index contributed by atoms with van der Waals surface area (Å²) in [6.07, 6.45) is 2.90. The maximum atomic E-state index is 13.6. The summed E-state index contributed by atoms with van der Waals surface area (Å²) >= 11 is 0. The average molecular weight is 298 g/mol. The summed E-state index contributed by atoms with van der Waals surface area (Å²) in [6.45, 7) is 1.27. The average Bonchev–Trinajstić information content (AvgIpc) is 2.83. The van der Waals surface area contributed by atoms with Gasteiger partial charge in [0, 0.05) is 18.0 Å². The number of rotatable bonds is 4. The van der Waals surface area contributed by atoms with Crippen molar-refractivity contribution in [2.75, 3.05) is 4.83 Å². The van der Waals surface area contributed by atoms with Gasteiger partial charge in [0.25, 0.3) is 10.0 Å². The number of halogens is 1. The second kappa shape index (κ2) is 4.97. The van der Waals surface area contributed by atoms with E-state index in [1.54, 1.807) is 12.1 Å². The van der Waals surface area contributed by atoms with E-state index in [4.69, 9.17) is 5.11 Å². The lowest BCUT2D eigenvalue weighted by Gasteiger charge is -2.12. The highest BCUT2D eigenvalue weighted by Crippen LogP contribution is 2.21. The van der Waals surface area contributed by atoms with E-state index in [-0.39, 0.29) is 5.56 Å². The van der Waals surface area contributed by atoms with Crippen molar-refractivity contribution in [3.05, 3.63) is 53.6 Å². The Balaban J connectivity index is 2.53. The summed E-state index contributed by atoms with van der Waals surface area (Å²) in [5.74, 6) is -2.29. The number of benzene rings is 1. The number of carbonyl (C=O) groups is 1. The molecule has 0 aliphatic heterocycles. The first-order chi connectivity index (χ1) is 9.31. The minimum absolute atomic E-state index is 0.144. The molecule has 0 bridgehead atoms. The van der Waals surface area contributed by atoms with Crippen LogP contribution in [0.15, 0.2) is 41.6 Å². The van der Waals surface area contributed by atoms with Gasteiger partial charge in [-0.2, -0.15) is 8.42 Å². The van der Waals surface area contributed by atoms with Crippen molar-refractivity contribution < 1.29 is 22.7 Å². The van der Waals surface area contributed by atoms with Crippen LogP contribution < -0.4 is 4.83 Å². The zero-order chi connectivity index (χ0) is 14.9. The molecule has 0 atom stereocenters. The van der Waals surface area contributed by atoms with Crippen LogP contribution in [-0.4, -0.2) is 24.2 Å². The highest BCUT2D eigenvalue weighted by atomic mass is 32.2. The SMILES string of the molecule is Cc1c(F)cc(C(=O)O)cc1S(=O)(=O)Nn1cccc1. The van der Waals surface area contributed by atoms with E-state index in [1.807, 2.05) is 0 Å². The third-order valence-corrected chi connectivity index (χ3v) is 4.12. The molecule has 2 rings (SSSR count). The van der Waals surface area contributed by atoms with E-state index in [0.29, 0.717) is 0 Å². The first-order valence-electron chi connectivity index (χ1n) is 5.50. The number of sulfonamides is 1. The minimum Gasteiger partial charge on any atom is -0.478 e. The van der Waals surface area contributed by atoms with Crippen LogP contribution >= 0.6 is 0 Å². The third-order valence-electron chi connectivity index (χ3n) is 2.66. The fraction of sp³-hybridized carbons (Fsp3) is 0.0833. The maximum Gasteiger partial charge on any atom is 0.335 e. The Labute approximate surface area is 114 Å². The molecule has 106 valence electrons. The molecule has 1 aromatic heterocycles. The van der Waals surface area contributed by atoms with E-state index in [2.05, 4.69) is 4.83 Å². The Bertz CT molecular complexity index is 754. The molecular formula is C12H11FN2O4S. The van der Waals surface area contributed by atoms with Crippen molar-refractivity contribution in [2.24, 2.45) is 0 Å². The molecular weight excluding hydrogens is 287 g/mol. The van der Waals surface area contributed by atoms with Gasteiger partial charge in [0.15, 0.2) is 0 Å². The Morgan fingerprint density at radius 1 is 1.30 bits per heavy atom. The van der Waals surface area contributed by atoms with Crippen LogP contribution in [0.5, 0.6) is 0 Å². The first kappa shape index (κ1) is 14.1. The lowest BCUT2D eigenvalue weighted by Crippen LogP contribution is -2.23. The van der Waals surface area contributed by atoms with Crippen LogP contribution in [-0.2, 0) is 10.0 Å². The number of carboxylic acids is 1. The van der Waals surface area contributed by atoms with Gasteiger partial charge < -0.3 is 5.11 Å². The summed E-state index contributed by atoms with van der Waals surface area (Å²) in [6, 6.07) is 4.91. The number of aromatic nitrogens is 1. The summed E-state index contributed by atoms with van der Waals surface area (Å²) < 4.78 is 39.1. The van der Waals surface area contributed by atoms with Crippen LogP contribution in [0.25, 0.3) is 0 Å². The molecule has 2 aromatic rings. The Kier molecular flexibility index (Phi) is 3.49. The Hall–Kier alpha value is -2.35. The van der Waals surface area contributed by atoms with Crippen LogP contribution in [0, 0.1) is 12.7 Å². The number of hydrogen-bond acceptors (Lipinski definition) is 3. The predicted molar refractivity (Wildman–Crippen MR) is 69.1 cm³/mol. The largest absolute Gasteiger partial charge is 0.478 e. The number of nitrogens with one attached hydrogen (secondary N) is 1. The number of aromatic carboxylic acids is 1. The van der Waals surface area contributed by atoms with Gasteiger partial charge in [-0.3, -0.25) is 4.68 Å². The molecule has 0 saturated carbocycles. The highest BCUT2D eigenvalue weighted by molar-refractivity contribution is 7.92. The molecule has 0 amide bonds. The normalized spacial score (nSPS) is 11.3. The van der Waals surface area contributed by atoms with E-state index in [9.17, 15) is 17.6 Å². The van der Waals surface area contributed by atoms with Gasteiger partial charge >= 0.3 is 5.97 Å². The van der Waals surface area contributed by atoms with Crippen LogP contribution in [0.1, 0.15) is 15.9 Å². The lowest BCUT2D eigenvalue weighted by molar-refractivity contribution is 0.0696. The van der Waals surface area contributed by atoms with Crippen LogP contribution in [0.2, 0.25) is 0 Å². The topological polar surface area (TPSA) is 88.4 Å². The number of carboxylic acid groups (broad SMARTS) is 1. The standard InChI is InChI=1S/C12H11FN2O4S/c1-8-10(13)6-9(12(16)17)7-11(8)20(18,19)14-15-4-2-3-5-15/h2-7,14H,1H3,(H,16,17). The molecule has 0 fully saturated rings. The van der Waals surface area contributed by atoms with Crippen molar-refractivity contribution in [1.82, 2.24) is 4.68 Å². The fourth-order valence-corrected chi connectivity index (χ4v) is 2.92. The maximum absolute atomic E-state index is 13.6. The zero-order valence-corrected chi connectivity index (χ0v) is 11.2. The van der Waals surface area contributed by atoms with E-state index < -0.39 is 32.3 Å². The fourth-order valence-electron chi connectivity index (χ4n) is 1.64. The molecule has 20 heavy (non-hydrogen) atoms. The third kappa shape index (κ3) is 2.64. The highest BCUT2D eigenvalue weighted by Gasteiger charge is 2.22. The second-order valence-electron chi connectivity index (χ2n) is 4.07. The van der Waals surface area contributed by atoms with Crippen LogP contribution in [0.3, 0.4) is 0 Å². The van der Waals surface area contributed by atoms with Gasteiger partial charge in [-0.15, -0.1) is 0 Å². The predicted octanol–water partition coefficient (Wildman–Crippen LogP) is 1.57. The van der Waals surface area contributed by atoms with Crippen molar-refractivity contribution in [1.29, 1.82) is 0 Å². The second-order valence-corrected chi connectivity index (χ2v) is 5.70.